The minimum atomic E-state index is 0.932. The van der Waals surface area contributed by atoms with Gasteiger partial charge in [-0.25, -0.2) is 4.98 Å². The molecule has 102 valence electrons. The molecular formula is C18H20N2. The number of nitrogens with zero attached hydrogens (tertiary/aromatic N) is 2. The van der Waals surface area contributed by atoms with Gasteiger partial charge in [0.2, 0.25) is 0 Å². The minimum absolute atomic E-state index is 0.932. The Labute approximate surface area is 120 Å². The summed E-state index contributed by atoms with van der Waals surface area (Å²) in [5.41, 5.74) is 7.36. The van der Waals surface area contributed by atoms with Gasteiger partial charge in [-0.1, -0.05) is 30.7 Å². The number of fused-ring (bicyclic) bond motifs is 1. The molecule has 0 fully saturated rings. The van der Waals surface area contributed by atoms with Crippen LogP contribution >= 0.6 is 0 Å². The lowest BCUT2D eigenvalue weighted by molar-refractivity contribution is 0.906. The Morgan fingerprint density at radius 3 is 2.30 bits per heavy atom. The number of hydrogen-bond acceptors (Lipinski definition) is 1. The molecule has 2 aromatic carbocycles. The van der Waals surface area contributed by atoms with Gasteiger partial charge in [-0.05, 0) is 50.1 Å². The van der Waals surface area contributed by atoms with Crippen molar-refractivity contribution >= 4 is 11.0 Å². The quantitative estimate of drug-likeness (QED) is 0.665. The molecule has 3 rings (SSSR count). The molecule has 0 atom stereocenters. The van der Waals surface area contributed by atoms with Crippen LogP contribution in [-0.4, -0.2) is 9.55 Å². The lowest BCUT2D eigenvalue weighted by atomic mass is 10.1. The molecule has 1 heterocycles. The zero-order valence-corrected chi connectivity index (χ0v) is 12.6. The number of imidazole rings is 1. The van der Waals surface area contributed by atoms with Crippen molar-refractivity contribution in [1.29, 1.82) is 0 Å². The van der Waals surface area contributed by atoms with Crippen molar-refractivity contribution < 1.29 is 0 Å². The molecule has 0 amide bonds. The monoisotopic (exact) mass is 264 g/mol. The minimum Gasteiger partial charge on any atom is -0.296 e. The average molecular weight is 264 g/mol. The van der Waals surface area contributed by atoms with Crippen molar-refractivity contribution in [2.24, 2.45) is 0 Å². The van der Waals surface area contributed by atoms with E-state index < -0.39 is 0 Å². The molecule has 0 saturated heterocycles. The van der Waals surface area contributed by atoms with Gasteiger partial charge in [-0.2, -0.15) is 0 Å². The van der Waals surface area contributed by atoms with Crippen LogP contribution in [0.15, 0.2) is 36.4 Å². The Hall–Kier alpha value is -2.09. The number of aryl methyl sites for hydroxylation is 4. The van der Waals surface area contributed by atoms with Gasteiger partial charge >= 0.3 is 0 Å². The van der Waals surface area contributed by atoms with E-state index in [1.807, 2.05) is 0 Å². The normalized spacial score (nSPS) is 11.2. The molecule has 0 aliphatic heterocycles. The lowest BCUT2D eigenvalue weighted by Crippen LogP contribution is -2.00. The number of benzene rings is 2. The van der Waals surface area contributed by atoms with Crippen LogP contribution < -0.4 is 0 Å². The predicted octanol–water partition coefficient (Wildman–Crippen LogP) is 4.51. The van der Waals surface area contributed by atoms with E-state index in [9.17, 15) is 0 Å². The first-order valence-corrected chi connectivity index (χ1v) is 7.15. The first kappa shape index (κ1) is 12.9. The van der Waals surface area contributed by atoms with E-state index in [1.165, 1.54) is 27.9 Å². The number of aromatic nitrogens is 2. The highest BCUT2D eigenvalue weighted by atomic mass is 15.1. The summed E-state index contributed by atoms with van der Waals surface area (Å²) >= 11 is 0. The Morgan fingerprint density at radius 2 is 1.65 bits per heavy atom. The highest BCUT2D eigenvalue weighted by Gasteiger charge is 2.13. The Bertz CT molecular complexity index is 764. The van der Waals surface area contributed by atoms with Crippen LogP contribution in [0.4, 0.5) is 0 Å². The first-order valence-electron chi connectivity index (χ1n) is 7.15. The lowest BCUT2D eigenvalue weighted by Gasteiger charge is -2.10. The third-order valence-electron chi connectivity index (χ3n) is 3.76. The molecule has 3 aromatic rings. The topological polar surface area (TPSA) is 17.8 Å². The highest BCUT2D eigenvalue weighted by Crippen LogP contribution is 2.26. The summed E-state index contributed by atoms with van der Waals surface area (Å²) in [7, 11) is 0. The van der Waals surface area contributed by atoms with Crippen LogP contribution in [0.1, 0.15) is 29.4 Å². The second kappa shape index (κ2) is 4.78. The van der Waals surface area contributed by atoms with Crippen LogP contribution in [0, 0.1) is 20.8 Å². The molecular weight excluding hydrogens is 244 g/mol. The van der Waals surface area contributed by atoms with Crippen molar-refractivity contribution in [2.75, 3.05) is 0 Å². The van der Waals surface area contributed by atoms with Crippen molar-refractivity contribution in [3.05, 3.63) is 58.9 Å². The van der Waals surface area contributed by atoms with Gasteiger partial charge in [-0.15, -0.1) is 0 Å². The summed E-state index contributed by atoms with van der Waals surface area (Å²) in [5.74, 6) is 1.12. The maximum absolute atomic E-state index is 4.81. The first-order chi connectivity index (χ1) is 9.60. The Morgan fingerprint density at radius 1 is 0.950 bits per heavy atom. The molecule has 1 aromatic heterocycles. The molecule has 0 aliphatic rings. The van der Waals surface area contributed by atoms with Gasteiger partial charge in [0.1, 0.15) is 5.82 Å². The molecule has 2 nitrogen and oxygen atoms in total. The van der Waals surface area contributed by atoms with Crippen LogP contribution in [0.25, 0.3) is 16.7 Å². The van der Waals surface area contributed by atoms with Crippen LogP contribution in [0.5, 0.6) is 0 Å². The Kier molecular flexibility index (Phi) is 3.09. The standard InChI is InChI=1S/C18H20N2/c1-5-17-19-16-11-13(3)10-14(4)18(16)20(17)15-8-6-12(2)7-9-15/h6-11H,5H2,1-4H3. The molecule has 0 aliphatic carbocycles. The number of rotatable bonds is 2. The van der Waals surface area contributed by atoms with E-state index in [0.29, 0.717) is 0 Å². The number of hydrogen-bond donors (Lipinski definition) is 0. The summed E-state index contributed by atoms with van der Waals surface area (Å²) in [4.78, 5) is 4.81. The van der Waals surface area contributed by atoms with E-state index in [0.717, 1.165) is 17.8 Å². The molecule has 20 heavy (non-hydrogen) atoms. The maximum atomic E-state index is 4.81. The smallest absolute Gasteiger partial charge is 0.114 e. The Balaban J connectivity index is 2.35. The summed E-state index contributed by atoms with van der Waals surface area (Å²) in [6.07, 6.45) is 0.932. The summed E-state index contributed by atoms with van der Waals surface area (Å²) in [6.45, 7) is 8.57. The van der Waals surface area contributed by atoms with Gasteiger partial charge in [0.25, 0.3) is 0 Å². The third-order valence-corrected chi connectivity index (χ3v) is 3.76. The predicted molar refractivity (Wildman–Crippen MR) is 84.7 cm³/mol. The van der Waals surface area contributed by atoms with Crippen molar-refractivity contribution in [3.8, 4) is 5.69 Å². The van der Waals surface area contributed by atoms with Crippen LogP contribution in [-0.2, 0) is 6.42 Å². The SMILES string of the molecule is CCc1nc2cc(C)cc(C)c2n1-c1ccc(C)cc1. The highest BCUT2D eigenvalue weighted by molar-refractivity contribution is 5.82. The molecule has 0 radical (unpaired) electrons. The van der Waals surface area contributed by atoms with Gasteiger partial charge in [0, 0.05) is 12.1 Å². The fraction of sp³-hybridized carbons (Fsp3) is 0.278. The fourth-order valence-electron chi connectivity index (χ4n) is 2.84. The molecule has 0 unspecified atom stereocenters. The fourth-order valence-corrected chi connectivity index (χ4v) is 2.84. The largest absolute Gasteiger partial charge is 0.296 e. The summed E-state index contributed by atoms with van der Waals surface area (Å²) in [6, 6.07) is 13.1. The van der Waals surface area contributed by atoms with E-state index in [2.05, 4.69) is 68.7 Å². The molecule has 0 saturated carbocycles. The van der Waals surface area contributed by atoms with Crippen LogP contribution in [0.2, 0.25) is 0 Å². The van der Waals surface area contributed by atoms with Gasteiger partial charge in [0.15, 0.2) is 0 Å². The second-order valence-electron chi connectivity index (χ2n) is 5.50. The van der Waals surface area contributed by atoms with Crippen LogP contribution in [0.3, 0.4) is 0 Å². The van der Waals surface area contributed by atoms with E-state index in [1.54, 1.807) is 0 Å². The summed E-state index contributed by atoms with van der Waals surface area (Å²) < 4.78 is 2.30. The zero-order valence-electron chi connectivity index (χ0n) is 12.6. The van der Waals surface area contributed by atoms with Crippen molar-refractivity contribution in [1.82, 2.24) is 9.55 Å². The molecule has 0 spiro atoms. The van der Waals surface area contributed by atoms with Gasteiger partial charge in [-0.3, -0.25) is 4.57 Å². The summed E-state index contributed by atoms with van der Waals surface area (Å²) in [5, 5.41) is 0. The molecule has 0 bridgehead atoms. The van der Waals surface area contributed by atoms with Crippen molar-refractivity contribution in [2.45, 2.75) is 34.1 Å². The molecule has 0 N–H and O–H groups in total. The average Bonchev–Trinajstić information content (AvgIpc) is 2.78. The van der Waals surface area contributed by atoms with Gasteiger partial charge < -0.3 is 0 Å². The van der Waals surface area contributed by atoms with E-state index >= 15 is 0 Å². The van der Waals surface area contributed by atoms with Gasteiger partial charge in [0.05, 0.1) is 11.0 Å². The van der Waals surface area contributed by atoms with E-state index in [4.69, 9.17) is 4.98 Å². The van der Waals surface area contributed by atoms with E-state index in [-0.39, 0.29) is 0 Å². The second-order valence-corrected chi connectivity index (χ2v) is 5.50. The molecule has 2 heteroatoms. The maximum Gasteiger partial charge on any atom is 0.114 e. The van der Waals surface area contributed by atoms with Crippen molar-refractivity contribution in [3.63, 3.8) is 0 Å². The zero-order chi connectivity index (χ0) is 14.3. The third kappa shape index (κ3) is 2.01.